The number of hydrogen-bond donors (Lipinski definition) is 1. The van der Waals surface area contributed by atoms with Gasteiger partial charge in [0.1, 0.15) is 11.4 Å². The van der Waals surface area contributed by atoms with Gasteiger partial charge in [0, 0.05) is 32.5 Å². The van der Waals surface area contributed by atoms with Gasteiger partial charge in [-0.2, -0.15) is 0 Å². The van der Waals surface area contributed by atoms with Gasteiger partial charge in [0.25, 0.3) is 5.91 Å². The van der Waals surface area contributed by atoms with Crippen molar-refractivity contribution in [3.05, 3.63) is 29.8 Å². The first kappa shape index (κ1) is 15.9. The maximum Gasteiger partial charge on any atom is 0.255 e. The molecule has 0 atom stereocenters. The van der Waals surface area contributed by atoms with Crippen LogP contribution in [0.5, 0.6) is 5.75 Å². The molecule has 1 N–H and O–H groups in total. The van der Waals surface area contributed by atoms with Crippen molar-refractivity contribution in [2.45, 2.75) is 50.5 Å². The summed E-state index contributed by atoms with van der Waals surface area (Å²) in [7, 11) is 0. The van der Waals surface area contributed by atoms with Gasteiger partial charge < -0.3 is 15.0 Å². The highest BCUT2D eigenvalue weighted by Gasteiger charge is 2.40. The van der Waals surface area contributed by atoms with Crippen molar-refractivity contribution in [3.8, 4) is 5.75 Å². The Morgan fingerprint density at radius 2 is 1.88 bits per heavy atom. The van der Waals surface area contributed by atoms with E-state index in [0.717, 1.165) is 37.6 Å². The van der Waals surface area contributed by atoms with Crippen LogP contribution in [-0.2, 0) is 0 Å². The van der Waals surface area contributed by atoms with E-state index in [1.807, 2.05) is 24.3 Å². The molecule has 0 unspecified atom stereocenters. The van der Waals surface area contributed by atoms with Crippen LogP contribution in [0.2, 0.25) is 0 Å². The number of carbonyl (C=O) groups is 1. The number of carbonyl (C=O) groups excluding carboxylic acids is 1. The summed E-state index contributed by atoms with van der Waals surface area (Å²) in [6.07, 6.45) is 9.04. The zero-order valence-electron chi connectivity index (χ0n) is 14.4. The molecule has 2 aliphatic heterocycles. The highest BCUT2D eigenvalue weighted by molar-refractivity contribution is 5.97. The summed E-state index contributed by atoms with van der Waals surface area (Å²) in [6.45, 7) is 4.03. The minimum atomic E-state index is -0.231. The van der Waals surface area contributed by atoms with Gasteiger partial charge in [0.15, 0.2) is 0 Å². The maximum atomic E-state index is 12.3. The average molecular weight is 328 g/mol. The highest BCUT2D eigenvalue weighted by atomic mass is 16.5. The molecule has 4 nitrogen and oxygen atoms in total. The van der Waals surface area contributed by atoms with Crippen LogP contribution in [0, 0.1) is 5.92 Å². The Balaban J connectivity index is 1.40. The quantitative estimate of drug-likeness (QED) is 0.906. The summed E-state index contributed by atoms with van der Waals surface area (Å²) in [5.41, 5.74) is 0.435. The Kier molecular flexibility index (Phi) is 4.49. The summed E-state index contributed by atoms with van der Waals surface area (Å²) >= 11 is 0. The predicted octanol–water partition coefficient (Wildman–Crippen LogP) is 3.22. The summed E-state index contributed by atoms with van der Waals surface area (Å²) in [5.74, 6) is 1.63. The number of para-hydroxylation sites is 1. The third-order valence-corrected chi connectivity index (χ3v) is 6.04. The number of piperidine rings is 1. The molecule has 3 aliphatic rings. The van der Waals surface area contributed by atoms with Gasteiger partial charge in [-0.3, -0.25) is 4.79 Å². The van der Waals surface area contributed by atoms with E-state index in [0.29, 0.717) is 12.1 Å². The fourth-order valence-corrected chi connectivity index (χ4v) is 4.51. The molecular weight excluding hydrogens is 300 g/mol. The lowest BCUT2D eigenvalue weighted by Gasteiger charge is -2.42. The number of benzene rings is 1. The van der Waals surface area contributed by atoms with Gasteiger partial charge in [0.2, 0.25) is 0 Å². The van der Waals surface area contributed by atoms with E-state index in [1.165, 1.54) is 38.6 Å². The molecule has 4 heteroatoms. The van der Waals surface area contributed by atoms with Crippen LogP contribution in [0.25, 0.3) is 0 Å². The Morgan fingerprint density at radius 1 is 1.12 bits per heavy atom. The second-order valence-corrected chi connectivity index (χ2v) is 7.77. The molecule has 1 aliphatic carbocycles. The molecular formula is C20H28N2O2. The largest absolute Gasteiger partial charge is 0.485 e. The first-order chi connectivity index (χ1) is 11.7. The van der Waals surface area contributed by atoms with Crippen LogP contribution in [0.1, 0.15) is 55.3 Å². The second-order valence-electron chi connectivity index (χ2n) is 7.77. The zero-order valence-corrected chi connectivity index (χ0v) is 14.4. The second kappa shape index (κ2) is 6.75. The molecule has 0 bridgehead atoms. The van der Waals surface area contributed by atoms with E-state index in [1.54, 1.807) is 0 Å². The van der Waals surface area contributed by atoms with Crippen molar-refractivity contribution in [2.24, 2.45) is 5.92 Å². The summed E-state index contributed by atoms with van der Waals surface area (Å²) in [6, 6.07) is 7.62. The van der Waals surface area contributed by atoms with Crippen LogP contribution < -0.4 is 10.1 Å². The normalized spacial score (nSPS) is 24.8. The number of nitrogens with zero attached hydrogens (tertiary/aromatic N) is 1. The lowest BCUT2D eigenvalue weighted by Crippen LogP contribution is -2.53. The molecule has 1 spiro atoms. The van der Waals surface area contributed by atoms with Crippen molar-refractivity contribution < 1.29 is 9.53 Å². The van der Waals surface area contributed by atoms with E-state index < -0.39 is 0 Å². The molecule has 0 aromatic heterocycles. The molecule has 130 valence electrons. The van der Waals surface area contributed by atoms with Crippen molar-refractivity contribution in [3.63, 3.8) is 0 Å². The summed E-state index contributed by atoms with van der Waals surface area (Å²) in [4.78, 5) is 14.9. The van der Waals surface area contributed by atoms with Gasteiger partial charge in [-0.1, -0.05) is 31.4 Å². The third-order valence-electron chi connectivity index (χ3n) is 6.04. The molecule has 1 aromatic carbocycles. The molecule has 2 fully saturated rings. The lowest BCUT2D eigenvalue weighted by atomic mass is 9.86. The first-order valence-corrected chi connectivity index (χ1v) is 9.53. The standard InChI is InChI=1S/C20H28N2O2/c23-19-17-8-4-5-9-18(17)24-20(15-21-19)10-12-22(13-11-20)14-16-6-2-1-3-7-16/h4-5,8-9,16H,1-3,6-7,10-15H2,(H,21,23). The smallest absolute Gasteiger partial charge is 0.255 e. The molecule has 0 radical (unpaired) electrons. The van der Waals surface area contributed by atoms with E-state index in [9.17, 15) is 4.79 Å². The van der Waals surface area contributed by atoms with Crippen LogP contribution in [-0.4, -0.2) is 42.6 Å². The topological polar surface area (TPSA) is 41.6 Å². The van der Waals surface area contributed by atoms with E-state index >= 15 is 0 Å². The average Bonchev–Trinajstić information content (AvgIpc) is 2.76. The number of hydrogen-bond acceptors (Lipinski definition) is 3. The fourth-order valence-electron chi connectivity index (χ4n) is 4.51. The van der Waals surface area contributed by atoms with Crippen LogP contribution in [0.15, 0.2) is 24.3 Å². The fraction of sp³-hybridized carbons (Fsp3) is 0.650. The summed E-state index contributed by atoms with van der Waals surface area (Å²) in [5, 5.41) is 3.08. The van der Waals surface area contributed by atoms with Gasteiger partial charge >= 0.3 is 0 Å². The number of likely N-dealkylation sites (tertiary alicyclic amines) is 1. The van der Waals surface area contributed by atoms with Gasteiger partial charge in [0.05, 0.1) is 12.1 Å². The summed E-state index contributed by atoms with van der Waals surface area (Å²) < 4.78 is 6.38. The Bertz CT molecular complexity index is 587. The van der Waals surface area contributed by atoms with E-state index in [4.69, 9.17) is 4.74 Å². The Morgan fingerprint density at radius 3 is 2.67 bits per heavy atom. The highest BCUT2D eigenvalue weighted by Crippen LogP contribution is 2.33. The molecule has 1 amide bonds. The zero-order chi connectivity index (χ0) is 16.4. The van der Waals surface area contributed by atoms with Gasteiger partial charge in [-0.15, -0.1) is 0 Å². The lowest BCUT2D eigenvalue weighted by molar-refractivity contribution is 0.000916. The van der Waals surface area contributed by atoms with Crippen molar-refractivity contribution in [1.29, 1.82) is 0 Å². The van der Waals surface area contributed by atoms with Gasteiger partial charge in [-0.05, 0) is 30.9 Å². The molecule has 1 saturated carbocycles. The Labute approximate surface area is 144 Å². The van der Waals surface area contributed by atoms with Crippen molar-refractivity contribution >= 4 is 5.91 Å². The van der Waals surface area contributed by atoms with Crippen molar-refractivity contribution in [2.75, 3.05) is 26.2 Å². The van der Waals surface area contributed by atoms with Crippen LogP contribution in [0.3, 0.4) is 0 Å². The maximum absolute atomic E-state index is 12.3. The first-order valence-electron chi connectivity index (χ1n) is 9.53. The molecule has 2 heterocycles. The van der Waals surface area contributed by atoms with Crippen LogP contribution >= 0.6 is 0 Å². The van der Waals surface area contributed by atoms with E-state index in [2.05, 4.69) is 10.2 Å². The minimum absolute atomic E-state index is 0.00731. The SMILES string of the molecule is O=C1NCC2(CCN(CC3CCCCC3)CC2)Oc2ccccc21. The van der Waals surface area contributed by atoms with Gasteiger partial charge in [-0.25, -0.2) is 0 Å². The predicted molar refractivity (Wildman–Crippen MR) is 94.4 cm³/mol. The molecule has 1 aromatic rings. The van der Waals surface area contributed by atoms with Crippen molar-refractivity contribution in [1.82, 2.24) is 10.2 Å². The number of fused-ring (bicyclic) bond motifs is 1. The van der Waals surface area contributed by atoms with Crippen LogP contribution in [0.4, 0.5) is 0 Å². The number of ether oxygens (including phenoxy) is 1. The Hall–Kier alpha value is -1.55. The number of nitrogens with one attached hydrogen (secondary N) is 1. The minimum Gasteiger partial charge on any atom is -0.485 e. The molecule has 1 saturated heterocycles. The third kappa shape index (κ3) is 3.30. The molecule has 24 heavy (non-hydrogen) atoms. The monoisotopic (exact) mass is 328 g/mol. The molecule has 4 rings (SSSR count). The van der Waals surface area contributed by atoms with E-state index in [-0.39, 0.29) is 11.5 Å². The number of amides is 1. The number of rotatable bonds is 2.